The van der Waals surface area contributed by atoms with Crippen LogP contribution in [0.1, 0.15) is 25.7 Å². The minimum atomic E-state index is -0.158. The first-order valence-electron chi connectivity index (χ1n) is 8.10. The van der Waals surface area contributed by atoms with E-state index in [-0.39, 0.29) is 17.7 Å². The first kappa shape index (κ1) is 14.6. The van der Waals surface area contributed by atoms with Crippen molar-refractivity contribution in [1.29, 1.82) is 0 Å². The number of aromatic amines is 1. The average molecular weight is 318 g/mol. The van der Waals surface area contributed by atoms with Gasteiger partial charge in [0.15, 0.2) is 11.5 Å². The molecule has 124 valence electrons. The van der Waals surface area contributed by atoms with E-state index in [1.807, 2.05) is 0 Å². The molecule has 1 spiro atoms. The highest BCUT2D eigenvalue weighted by Gasteiger charge is 2.45. The minimum absolute atomic E-state index is 0.158. The molecular weight excluding hydrogens is 296 g/mol. The van der Waals surface area contributed by atoms with Gasteiger partial charge in [0, 0.05) is 26.8 Å². The zero-order valence-corrected chi connectivity index (χ0v) is 13.3. The van der Waals surface area contributed by atoms with E-state index in [9.17, 15) is 0 Å². The Kier molecular flexibility index (Phi) is 3.57. The van der Waals surface area contributed by atoms with Crippen LogP contribution in [-0.4, -0.2) is 58.4 Å². The van der Waals surface area contributed by atoms with Crippen molar-refractivity contribution in [3.63, 3.8) is 0 Å². The molecule has 8 heteroatoms. The molecule has 2 aromatic rings. The monoisotopic (exact) mass is 318 g/mol. The van der Waals surface area contributed by atoms with Gasteiger partial charge in [0.2, 0.25) is 5.95 Å². The number of nitrogens with one attached hydrogen (secondary N) is 1. The number of ether oxygens (including phenoxy) is 2. The summed E-state index contributed by atoms with van der Waals surface area (Å²) in [5, 5.41) is 0. The van der Waals surface area contributed by atoms with Crippen molar-refractivity contribution in [2.24, 2.45) is 0 Å². The summed E-state index contributed by atoms with van der Waals surface area (Å²) in [6, 6.07) is 0. The number of fused-ring (bicyclic) bond motifs is 1. The van der Waals surface area contributed by atoms with Crippen molar-refractivity contribution in [3.8, 4) is 0 Å². The smallest absolute Gasteiger partial charge is 0.224 e. The van der Waals surface area contributed by atoms with Gasteiger partial charge in [0.1, 0.15) is 5.52 Å². The molecule has 2 fully saturated rings. The van der Waals surface area contributed by atoms with E-state index < -0.39 is 0 Å². The fourth-order valence-corrected chi connectivity index (χ4v) is 3.86. The molecule has 4 heterocycles. The van der Waals surface area contributed by atoms with Crippen molar-refractivity contribution in [3.05, 3.63) is 6.33 Å². The van der Waals surface area contributed by atoms with E-state index in [0.717, 1.165) is 56.7 Å². The van der Waals surface area contributed by atoms with Gasteiger partial charge in [-0.15, -0.1) is 0 Å². The molecule has 1 atom stereocenters. The van der Waals surface area contributed by atoms with Gasteiger partial charge < -0.3 is 25.1 Å². The second-order valence-corrected chi connectivity index (χ2v) is 6.27. The molecular formula is C15H22N6O2. The number of rotatable bonds is 2. The second kappa shape index (κ2) is 5.61. The summed E-state index contributed by atoms with van der Waals surface area (Å²) in [5.41, 5.74) is 7.11. The van der Waals surface area contributed by atoms with Crippen LogP contribution in [0.15, 0.2) is 6.33 Å². The van der Waals surface area contributed by atoms with Gasteiger partial charge in [0.25, 0.3) is 0 Å². The number of nitrogens with zero attached hydrogens (tertiary/aromatic N) is 4. The van der Waals surface area contributed by atoms with Gasteiger partial charge in [-0.1, -0.05) is 0 Å². The van der Waals surface area contributed by atoms with Crippen LogP contribution < -0.4 is 10.6 Å². The molecule has 2 aromatic heterocycles. The van der Waals surface area contributed by atoms with Gasteiger partial charge in [-0.05, 0) is 25.7 Å². The number of imidazole rings is 1. The third-order valence-electron chi connectivity index (χ3n) is 5.06. The van der Waals surface area contributed by atoms with E-state index in [4.69, 9.17) is 15.2 Å². The summed E-state index contributed by atoms with van der Waals surface area (Å²) < 4.78 is 11.9. The highest BCUT2D eigenvalue weighted by atomic mass is 16.5. The molecule has 8 nitrogen and oxygen atoms in total. The number of hydrogen-bond acceptors (Lipinski definition) is 7. The van der Waals surface area contributed by atoms with Crippen molar-refractivity contribution < 1.29 is 9.47 Å². The lowest BCUT2D eigenvalue weighted by Gasteiger charge is -2.48. The maximum absolute atomic E-state index is 6.16. The van der Waals surface area contributed by atoms with E-state index in [2.05, 4.69) is 24.8 Å². The molecule has 23 heavy (non-hydrogen) atoms. The highest BCUT2D eigenvalue weighted by molar-refractivity contribution is 5.84. The number of nitrogen functional groups attached to an aromatic ring is 1. The molecule has 2 saturated heterocycles. The Morgan fingerprint density at radius 2 is 2.22 bits per heavy atom. The Hall–Kier alpha value is -1.93. The van der Waals surface area contributed by atoms with Gasteiger partial charge in [-0.2, -0.15) is 9.97 Å². The van der Waals surface area contributed by atoms with Gasteiger partial charge in [-0.3, -0.25) is 0 Å². The Morgan fingerprint density at radius 1 is 1.39 bits per heavy atom. The van der Waals surface area contributed by atoms with Crippen LogP contribution in [-0.2, 0) is 9.47 Å². The maximum Gasteiger partial charge on any atom is 0.224 e. The van der Waals surface area contributed by atoms with E-state index in [1.165, 1.54) is 0 Å². The Bertz CT molecular complexity index is 694. The minimum Gasteiger partial charge on any atom is -0.378 e. The third kappa shape index (κ3) is 2.42. The fourth-order valence-electron chi connectivity index (χ4n) is 3.86. The van der Waals surface area contributed by atoms with E-state index >= 15 is 0 Å². The van der Waals surface area contributed by atoms with Crippen LogP contribution in [0.4, 0.5) is 11.8 Å². The maximum atomic E-state index is 6.16. The molecule has 0 aromatic carbocycles. The Labute approximate surface area is 134 Å². The third-order valence-corrected chi connectivity index (χ3v) is 5.06. The lowest BCUT2D eigenvalue weighted by Crippen LogP contribution is -2.56. The van der Waals surface area contributed by atoms with E-state index in [1.54, 1.807) is 13.4 Å². The number of H-pyrrole nitrogens is 1. The van der Waals surface area contributed by atoms with Crippen molar-refractivity contribution in [2.75, 3.05) is 37.4 Å². The molecule has 3 N–H and O–H groups in total. The van der Waals surface area contributed by atoms with Crippen molar-refractivity contribution in [2.45, 2.75) is 37.4 Å². The lowest BCUT2D eigenvalue weighted by molar-refractivity contribution is -0.175. The van der Waals surface area contributed by atoms with Crippen LogP contribution in [0.2, 0.25) is 0 Å². The number of hydrogen-bond donors (Lipinski definition) is 2. The molecule has 0 saturated carbocycles. The van der Waals surface area contributed by atoms with Crippen LogP contribution >= 0.6 is 0 Å². The van der Waals surface area contributed by atoms with Crippen molar-refractivity contribution in [1.82, 2.24) is 19.9 Å². The van der Waals surface area contributed by atoms with Crippen LogP contribution in [0.3, 0.4) is 0 Å². The normalized spacial score (nSPS) is 24.4. The van der Waals surface area contributed by atoms with E-state index in [0.29, 0.717) is 5.65 Å². The molecule has 0 amide bonds. The number of nitrogens with two attached hydrogens (primary N) is 1. The topological polar surface area (TPSA) is 102 Å². The number of anilines is 2. The second-order valence-electron chi connectivity index (χ2n) is 6.27. The molecule has 0 bridgehead atoms. The quantitative estimate of drug-likeness (QED) is 0.854. The number of aromatic nitrogens is 4. The molecule has 0 aliphatic carbocycles. The fraction of sp³-hybridized carbons (Fsp3) is 0.667. The average Bonchev–Trinajstić information content (AvgIpc) is 3.03. The summed E-state index contributed by atoms with van der Waals surface area (Å²) in [6.45, 7) is 2.53. The molecule has 4 rings (SSSR count). The molecule has 0 radical (unpaired) electrons. The molecule has 0 unspecified atom stereocenters. The predicted molar refractivity (Wildman–Crippen MR) is 86.3 cm³/mol. The number of piperidine rings is 1. The number of methoxy groups -OCH3 is 1. The summed E-state index contributed by atoms with van der Waals surface area (Å²) in [7, 11) is 1.78. The van der Waals surface area contributed by atoms with Gasteiger partial charge >= 0.3 is 0 Å². The first-order chi connectivity index (χ1) is 11.2. The van der Waals surface area contributed by atoms with Gasteiger partial charge in [0.05, 0.1) is 18.0 Å². The Morgan fingerprint density at radius 3 is 3.00 bits per heavy atom. The zero-order chi connectivity index (χ0) is 15.9. The van der Waals surface area contributed by atoms with Crippen LogP contribution in [0, 0.1) is 0 Å². The molecule has 2 aliphatic rings. The predicted octanol–water partition coefficient (Wildman–Crippen LogP) is 1.10. The van der Waals surface area contributed by atoms with Crippen LogP contribution in [0.5, 0.6) is 0 Å². The summed E-state index contributed by atoms with van der Waals surface area (Å²) in [4.78, 5) is 18.1. The Balaban J connectivity index is 1.58. The lowest BCUT2D eigenvalue weighted by atomic mass is 9.82. The molecule has 2 aliphatic heterocycles. The first-order valence-corrected chi connectivity index (χ1v) is 8.10. The standard InChI is InChI=1S/C15H22N6O2/c1-22-10-3-2-8-23-15(10)4-6-21(7-5-15)13-11-12(18-9-17-11)19-14(16)20-13/h9-10H,2-8H2,1H3,(H3,16,17,18,19,20)/t10-/m0/s1. The summed E-state index contributed by atoms with van der Waals surface area (Å²) in [5.74, 6) is 1.08. The highest BCUT2D eigenvalue weighted by Crippen LogP contribution is 2.38. The summed E-state index contributed by atoms with van der Waals surface area (Å²) >= 11 is 0. The van der Waals surface area contributed by atoms with Crippen molar-refractivity contribution >= 4 is 22.9 Å². The SMILES string of the molecule is CO[C@H]1CCCOC12CCN(c1nc(N)nc3nc[nH]c13)CC2. The zero-order valence-electron chi connectivity index (χ0n) is 13.3. The van der Waals surface area contributed by atoms with Crippen LogP contribution in [0.25, 0.3) is 11.2 Å². The largest absolute Gasteiger partial charge is 0.378 e. The van der Waals surface area contributed by atoms with Gasteiger partial charge in [-0.25, -0.2) is 4.98 Å². The summed E-state index contributed by atoms with van der Waals surface area (Å²) in [6.07, 6.45) is 5.79.